The maximum Gasteiger partial charge on any atom is 0.338 e. The van der Waals surface area contributed by atoms with E-state index >= 15 is 0 Å². The zero-order valence-electron chi connectivity index (χ0n) is 15.4. The van der Waals surface area contributed by atoms with Gasteiger partial charge in [0.15, 0.2) is 11.4 Å². The lowest BCUT2D eigenvalue weighted by Crippen LogP contribution is -2.81. The second-order valence-corrected chi connectivity index (χ2v) is 8.55. The smallest absolute Gasteiger partial charge is 0.338 e. The molecule has 1 aromatic carbocycles. The molecule has 3 saturated carbocycles. The summed E-state index contributed by atoms with van der Waals surface area (Å²) in [6, 6.07) is 6.97. The number of hydrogen-bond acceptors (Lipinski definition) is 5. The number of allylic oxidation sites excluding steroid dienone is 1. The Morgan fingerprint density at radius 1 is 1.04 bits per heavy atom. The molecule has 1 aliphatic heterocycles. The largest absolute Gasteiger partial charge is 0.481 e. The molecular weight excluding hydrogens is 344 g/mol. The Labute approximate surface area is 156 Å². The summed E-state index contributed by atoms with van der Waals surface area (Å²) >= 11 is 0. The molecule has 2 spiro atoms. The van der Waals surface area contributed by atoms with Crippen molar-refractivity contribution in [1.82, 2.24) is 0 Å². The van der Waals surface area contributed by atoms with Crippen LogP contribution in [-0.2, 0) is 14.3 Å². The van der Waals surface area contributed by atoms with E-state index in [0.29, 0.717) is 22.5 Å². The third-order valence-electron chi connectivity index (χ3n) is 7.93. The number of carbonyl (C=O) groups excluding carboxylic acids is 3. The molecule has 0 bridgehead atoms. The molecule has 5 heteroatoms. The van der Waals surface area contributed by atoms with Gasteiger partial charge in [-0.15, -0.1) is 0 Å². The van der Waals surface area contributed by atoms with Gasteiger partial charge in [-0.2, -0.15) is 0 Å². The fourth-order valence-electron chi connectivity index (χ4n) is 7.09. The van der Waals surface area contributed by atoms with E-state index in [9.17, 15) is 14.4 Å². The molecule has 2 atom stereocenters. The van der Waals surface area contributed by atoms with Crippen molar-refractivity contribution in [2.75, 3.05) is 6.61 Å². The van der Waals surface area contributed by atoms with Crippen LogP contribution in [0.15, 0.2) is 35.6 Å². The SMILES string of the molecule is CCOC(=O)C1=C(C)OC23C(=O)c4ccccc4C(=O)C12C1(CC1)C31CC1. The van der Waals surface area contributed by atoms with E-state index in [-0.39, 0.29) is 29.0 Å². The van der Waals surface area contributed by atoms with Crippen LogP contribution in [-0.4, -0.2) is 29.7 Å². The van der Waals surface area contributed by atoms with Crippen molar-refractivity contribution < 1.29 is 23.9 Å². The lowest BCUT2D eigenvalue weighted by atomic mass is 9.32. The maximum absolute atomic E-state index is 14.0. The molecule has 4 aliphatic carbocycles. The first-order valence-corrected chi connectivity index (χ1v) is 9.71. The van der Waals surface area contributed by atoms with E-state index in [2.05, 4.69) is 0 Å². The number of ketones is 2. The van der Waals surface area contributed by atoms with Crippen LogP contribution in [0.5, 0.6) is 0 Å². The van der Waals surface area contributed by atoms with E-state index in [1.165, 1.54) is 0 Å². The van der Waals surface area contributed by atoms with E-state index < -0.39 is 17.0 Å². The first-order chi connectivity index (χ1) is 12.9. The van der Waals surface area contributed by atoms with Gasteiger partial charge in [-0.1, -0.05) is 24.3 Å². The summed E-state index contributed by atoms with van der Waals surface area (Å²) in [6.45, 7) is 3.67. The summed E-state index contributed by atoms with van der Waals surface area (Å²) in [5.41, 5.74) is -1.97. The average molecular weight is 364 g/mol. The molecule has 0 amide bonds. The van der Waals surface area contributed by atoms with E-state index in [4.69, 9.17) is 9.47 Å². The highest BCUT2D eigenvalue weighted by molar-refractivity contribution is 6.27. The molecule has 0 N–H and O–H groups in total. The number of fused-ring (bicyclic) bond motifs is 2. The van der Waals surface area contributed by atoms with Gasteiger partial charge < -0.3 is 9.47 Å². The molecule has 27 heavy (non-hydrogen) atoms. The van der Waals surface area contributed by atoms with E-state index in [0.717, 1.165) is 25.7 Å². The molecule has 0 aromatic heterocycles. The average Bonchev–Trinajstić information content (AvgIpc) is 3.55. The molecule has 1 heterocycles. The number of hydrogen-bond donors (Lipinski definition) is 0. The minimum Gasteiger partial charge on any atom is -0.481 e. The van der Waals surface area contributed by atoms with Gasteiger partial charge >= 0.3 is 5.97 Å². The molecule has 1 aromatic rings. The van der Waals surface area contributed by atoms with Crippen LogP contribution in [0, 0.1) is 16.2 Å². The molecule has 2 unspecified atom stereocenters. The van der Waals surface area contributed by atoms with Crippen molar-refractivity contribution in [3.8, 4) is 0 Å². The third kappa shape index (κ3) is 1.18. The Hall–Kier alpha value is -2.43. The monoisotopic (exact) mass is 364 g/mol. The first kappa shape index (κ1) is 15.6. The van der Waals surface area contributed by atoms with Crippen LogP contribution < -0.4 is 0 Å². The zero-order chi connectivity index (χ0) is 18.8. The van der Waals surface area contributed by atoms with Crippen molar-refractivity contribution in [3.63, 3.8) is 0 Å². The van der Waals surface area contributed by atoms with Crippen LogP contribution in [0.3, 0.4) is 0 Å². The molecule has 5 nitrogen and oxygen atoms in total. The van der Waals surface area contributed by atoms with Gasteiger partial charge in [-0.05, 0) is 39.5 Å². The van der Waals surface area contributed by atoms with Crippen molar-refractivity contribution >= 4 is 17.5 Å². The Bertz CT molecular complexity index is 1010. The molecule has 0 radical (unpaired) electrons. The number of Topliss-reactive ketones (excluding diaryl/α,β-unsaturated/α-hetero) is 2. The molecule has 0 saturated heterocycles. The summed E-state index contributed by atoms with van der Waals surface area (Å²) in [5.74, 6) is -0.392. The summed E-state index contributed by atoms with van der Waals surface area (Å²) in [5, 5.41) is 0. The minimum atomic E-state index is -1.26. The Balaban J connectivity index is 1.70. The van der Waals surface area contributed by atoms with Gasteiger partial charge in [-0.3, -0.25) is 9.59 Å². The predicted octanol–water partition coefficient (Wildman–Crippen LogP) is 3.23. The highest BCUT2D eigenvalue weighted by Gasteiger charge is 3.03. The van der Waals surface area contributed by atoms with Crippen LogP contribution in [0.2, 0.25) is 0 Å². The molecule has 6 rings (SSSR count). The van der Waals surface area contributed by atoms with E-state index in [1.807, 2.05) is 0 Å². The number of carbonyl (C=O) groups is 3. The van der Waals surface area contributed by atoms with Crippen LogP contribution in [0.25, 0.3) is 0 Å². The van der Waals surface area contributed by atoms with Gasteiger partial charge in [0.2, 0.25) is 5.78 Å². The van der Waals surface area contributed by atoms with Crippen LogP contribution >= 0.6 is 0 Å². The summed E-state index contributed by atoms with van der Waals surface area (Å²) < 4.78 is 11.7. The summed E-state index contributed by atoms with van der Waals surface area (Å²) in [6.07, 6.45) is 3.46. The number of ether oxygens (including phenoxy) is 2. The van der Waals surface area contributed by atoms with Gasteiger partial charge in [-0.25, -0.2) is 4.79 Å². The summed E-state index contributed by atoms with van der Waals surface area (Å²) in [4.78, 5) is 40.8. The number of esters is 1. The molecule has 138 valence electrons. The van der Waals surface area contributed by atoms with Crippen molar-refractivity contribution in [3.05, 3.63) is 46.7 Å². The highest BCUT2D eigenvalue weighted by atomic mass is 16.5. The minimum absolute atomic E-state index is 0.132. The normalized spacial score (nSPS) is 35.2. The zero-order valence-corrected chi connectivity index (χ0v) is 15.4. The maximum atomic E-state index is 14.0. The second-order valence-electron chi connectivity index (χ2n) is 8.55. The summed E-state index contributed by atoms with van der Waals surface area (Å²) in [7, 11) is 0. The standard InChI is InChI=1S/C22H20O5/c1-3-26-18(25)15-12(2)27-22-17(24)14-7-5-4-6-13(14)16(23)21(15,22)19(8-9-19)20(22)10-11-20/h4-7H,3,8-11H2,1-2H3. The van der Waals surface area contributed by atoms with Gasteiger partial charge in [0.1, 0.15) is 11.2 Å². The Kier molecular flexibility index (Phi) is 2.42. The fourth-order valence-corrected chi connectivity index (χ4v) is 7.09. The van der Waals surface area contributed by atoms with Crippen molar-refractivity contribution in [2.24, 2.45) is 16.2 Å². The fraction of sp³-hybridized carbons (Fsp3) is 0.500. The van der Waals surface area contributed by atoms with Gasteiger partial charge in [0.25, 0.3) is 0 Å². The second kappa shape index (κ2) is 4.18. The van der Waals surface area contributed by atoms with Crippen LogP contribution in [0.4, 0.5) is 0 Å². The van der Waals surface area contributed by atoms with Crippen molar-refractivity contribution in [2.45, 2.75) is 45.1 Å². The van der Waals surface area contributed by atoms with Crippen LogP contribution in [0.1, 0.15) is 60.2 Å². The highest BCUT2D eigenvalue weighted by Crippen LogP contribution is 2.97. The van der Waals surface area contributed by atoms with Gasteiger partial charge in [0.05, 0.1) is 12.2 Å². The molecule has 3 fully saturated rings. The molecular formula is C22H20O5. The van der Waals surface area contributed by atoms with E-state index in [1.54, 1.807) is 38.1 Å². The third-order valence-corrected chi connectivity index (χ3v) is 7.93. The van der Waals surface area contributed by atoms with Gasteiger partial charge in [0, 0.05) is 22.0 Å². The topological polar surface area (TPSA) is 69.7 Å². The number of benzene rings is 1. The Morgan fingerprint density at radius 2 is 1.63 bits per heavy atom. The first-order valence-electron chi connectivity index (χ1n) is 9.71. The Morgan fingerprint density at radius 3 is 2.19 bits per heavy atom. The number of rotatable bonds is 2. The molecule has 5 aliphatic rings. The predicted molar refractivity (Wildman–Crippen MR) is 94.0 cm³/mol. The quantitative estimate of drug-likeness (QED) is 0.754. The lowest BCUT2D eigenvalue weighted by molar-refractivity contribution is -0.211. The lowest BCUT2D eigenvalue weighted by Gasteiger charge is -2.67. The van der Waals surface area contributed by atoms with Crippen molar-refractivity contribution in [1.29, 1.82) is 0 Å².